The SMILES string of the molecule is CC(CCOCc1ccccc1)[C@H]1CC[C@H]2[C@@H]3CC[C@H]4N(C)C(=O)CC[C@]4(C)[C@H]3CC[C@]12C. The van der Waals surface area contributed by atoms with Crippen molar-refractivity contribution >= 4 is 5.91 Å². The zero-order valence-electron chi connectivity index (χ0n) is 21.4. The van der Waals surface area contributed by atoms with Gasteiger partial charge < -0.3 is 9.64 Å². The summed E-state index contributed by atoms with van der Waals surface area (Å²) in [7, 11) is 2.07. The molecule has 1 aromatic rings. The lowest BCUT2D eigenvalue weighted by atomic mass is 9.46. The zero-order chi connectivity index (χ0) is 23.2. The predicted molar refractivity (Wildman–Crippen MR) is 134 cm³/mol. The summed E-state index contributed by atoms with van der Waals surface area (Å²) in [4.78, 5) is 14.5. The first-order valence-electron chi connectivity index (χ1n) is 13.7. The summed E-state index contributed by atoms with van der Waals surface area (Å²) in [5, 5.41) is 0. The molecule has 8 atom stereocenters. The first-order chi connectivity index (χ1) is 15.8. The lowest BCUT2D eigenvalue weighted by Crippen LogP contribution is -2.61. The standard InChI is InChI=1S/C30H45NO2/c1-21(16-19-33-20-22-8-6-5-7-9-22)24-11-12-25-23-10-13-27-30(3,18-15-28(32)31(27)4)26(23)14-17-29(24,25)2/h5-9,21,23-27H,10-20H2,1-4H3/t21?,23-,24+,25-,26-,27+,29+,30+/m0/s1. The molecule has 33 heavy (non-hydrogen) atoms. The molecule has 0 spiro atoms. The van der Waals surface area contributed by atoms with Gasteiger partial charge in [-0.25, -0.2) is 0 Å². The van der Waals surface area contributed by atoms with E-state index in [9.17, 15) is 4.79 Å². The van der Waals surface area contributed by atoms with Gasteiger partial charge >= 0.3 is 0 Å². The van der Waals surface area contributed by atoms with Gasteiger partial charge in [-0.15, -0.1) is 0 Å². The molecule has 4 fully saturated rings. The number of piperidine rings is 1. The highest BCUT2D eigenvalue weighted by Gasteiger charge is 2.61. The van der Waals surface area contributed by atoms with Gasteiger partial charge in [-0.05, 0) is 97.3 Å². The molecule has 3 aliphatic carbocycles. The van der Waals surface area contributed by atoms with Crippen LogP contribution in [0.5, 0.6) is 0 Å². The predicted octanol–water partition coefficient (Wildman–Crippen LogP) is 6.71. The molecule has 0 N–H and O–H groups in total. The Morgan fingerprint density at radius 1 is 1.00 bits per heavy atom. The van der Waals surface area contributed by atoms with Gasteiger partial charge in [0.15, 0.2) is 0 Å². The minimum atomic E-state index is 0.335. The van der Waals surface area contributed by atoms with Crippen molar-refractivity contribution < 1.29 is 9.53 Å². The van der Waals surface area contributed by atoms with E-state index in [0.29, 0.717) is 22.8 Å². The fraction of sp³-hybridized carbons (Fsp3) is 0.767. The van der Waals surface area contributed by atoms with Crippen LogP contribution < -0.4 is 0 Å². The summed E-state index contributed by atoms with van der Waals surface area (Å²) < 4.78 is 6.06. The van der Waals surface area contributed by atoms with Crippen molar-refractivity contribution in [3.8, 4) is 0 Å². The minimum Gasteiger partial charge on any atom is -0.377 e. The van der Waals surface area contributed by atoms with Crippen LogP contribution in [0.2, 0.25) is 0 Å². The molecule has 0 radical (unpaired) electrons. The first kappa shape index (κ1) is 23.4. The second kappa shape index (κ2) is 9.02. The van der Waals surface area contributed by atoms with E-state index in [1.165, 1.54) is 50.5 Å². The van der Waals surface area contributed by atoms with Gasteiger partial charge in [0, 0.05) is 26.1 Å². The number of hydrogen-bond donors (Lipinski definition) is 0. The molecule has 1 amide bonds. The Hall–Kier alpha value is -1.35. The number of likely N-dealkylation sites (tertiary alicyclic amines) is 1. The minimum absolute atomic E-state index is 0.335. The molecule has 0 bridgehead atoms. The molecule has 1 saturated heterocycles. The second-order valence-corrected chi connectivity index (χ2v) is 12.5. The number of ether oxygens (including phenoxy) is 1. The first-order valence-corrected chi connectivity index (χ1v) is 13.7. The van der Waals surface area contributed by atoms with Crippen molar-refractivity contribution in [2.45, 2.75) is 91.2 Å². The maximum atomic E-state index is 12.4. The Morgan fingerprint density at radius 2 is 1.76 bits per heavy atom. The van der Waals surface area contributed by atoms with Gasteiger partial charge in [0.1, 0.15) is 0 Å². The van der Waals surface area contributed by atoms with Gasteiger partial charge in [0.05, 0.1) is 6.61 Å². The fourth-order valence-corrected chi connectivity index (χ4v) is 9.36. The van der Waals surface area contributed by atoms with Gasteiger partial charge in [-0.2, -0.15) is 0 Å². The summed E-state index contributed by atoms with van der Waals surface area (Å²) in [6.07, 6.45) is 11.2. The number of fused-ring (bicyclic) bond motifs is 5. The monoisotopic (exact) mass is 451 g/mol. The van der Waals surface area contributed by atoms with E-state index >= 15 is 0 Å². The summed E-state index contributed by atoms with van der Waals surface area (Å²) in [5.74, 6) is 4.52. The van der Waals surface area contributed by atoms with Gasteiger partial charge in [0.2, 0.25) is 5.91 Å². The van der Waals surface area contributed by atoms with E-state index in [-0.39, 0.29) is 0 Å². The topological polar surface area (TPSA) is 29.5 Å². The molecule has 3 heteroatoms. The van der Waals surface area contributed by atoms with E-state index in [4.69, 9.17) is 4.74 Å². The maximum Gasteiger partial charge on any atom is 0.222 e. The third kappa shape index (κ3) is 3.97. The van der Waals surface area contributed by atoms with Crippen LogP contribution in [0.1, 0.15) is 84.1 Å². The summed E-state index contributed by atoms with van der Waals surface area (Å²) in [6.45, 7) is 9.30. The Morgan fingerprint density at radius 3 is 2.55 bits per heavy atom. The van der Waals surface area contributed by atoms with Gasteiger partial charge in [-0.1, -0.05) is 51.1 Å². The van der Waals surface area contributed by atoms with Crippen LogP contribution >= 0.6 is 0 Å². The van der Waals surface area contributed by atoms with Crippen LogP contribution in [0.15, 0.2) is 30.3 Å². The Labute approximate surface area is 201 Å². The Kier molecular flexibility index (Phi) is 6.40. The number of hydrogen-bond acceptors (Lipinski definition) is 2. The lowest BCUT2D eigenvalue weighted by Gasteiger charge is -2.62. The lowest BCUT2D eigenvalue weighted by molar-refractivity contribution is -0.159. The Bertz CT molecular complexity index is 839. The van der Waals surface area contributed by atoms with E-state index in [1.54, 1.807) is 0 Å². The zero-order valence-corrected chi connectivity index (χ0v) is 21.4. The fourth-order valence-electron chi connectivity index (χ4n) is 9.36. The highest BCUT2D eigenvalue weighted by molar-refractivity contribution is 5.77. The molecule has 3 nitrogen and oxygen atoms in total. The number of benzene rings is 1. The quantitative estimate of drug-likeness (QED) is 0.450. The highest BCUT2D eigenvalue weighted by atomic mass is 16.5. The third-order valence-corrected chi connectivity index (χ3v) is 11.1. The van der Waals surface area contributed by atoms with Crippen molar-refractivity contribution in [1.82, 2.24) is 4.90 Å². The maximum absolute atomic E-state index is 12.4. The molecule has 1 aromatic carbocycles. The van der Waals surface area contributed by atoms with Crippen molar-refractivity contribution in [3.63, 3.8) is 0 Å². The molecular weight excluding hydrogens is 406 g/mol. The van der Waals surface area contributed by atoms with E-state index in [2.05, 4.69) is 63.1 Å². The van der Waals surface area contributed by atoms with E-state index in [0.717, 1.165) is 55.6 Å². The molecule has 5 rings (SSSR count). The molecular formula is C30H45NO2. The molecule has 1 heterocycles. The molecule has 1 unspecified atom stereocenters. The van der Waals surface area contributed by atoms with Crippen LogP contribution in [0.4, 0.5) is 0 Å². The van der Waals surface area contributed by atoms with Crippen molar-refractivity contribution in [1.29, 1.82) is 0 Å². The average Bonchev–Trinajstić information content (AvgIpc) is 3.17. The number of amides is 1. The van der Waals surface area contributed by atoms with Crippen molar-refractivity contribution in [2.75, 3.05) is 13.7 Å². The largest absolute Gasteiger partial charge is 0.377 e. The molecule has 1 aliphatic heterocycles. The van der Waals surface area contributed by atoms with Crippen LogP contribution in [0.25, 0.3) is 0 Å². The summed E-state index contributed by atoms with van der Waals surface area (Å²) in [5.41, 5.74) is 2.11. The van der Waals surface area contributed by atoms with Crippen molar-refractivity contribution in [3.05, 3.63) is 35.9 Å². The number of carbonyl (C=O) groups excluding carboxylic acids is 1. The van der Waals surface area contributed by atoms with E-state index in [1.807, 2.05) is 0 Å². The van der Waals surface area contributed by atoms with Crippen molar-refractivity contribution in [2.24, 2.45) is 40.4 Å². The smallest absolute Gasteiger partial charge is 0.222 e. The number of carbonyl (C=O) groups is 1. The Balaban J connectivity index is 1.22. The normalized spacial score (nSPS) is 41.3. The number of rotatable bonds is 6. The average molecular weight is 452 g/mol. The molecule has 4 aliphatic rings. The van der Waals surface area contributed by atoms with Crippen LogP contribution in [-0.2, 0) is 16.1 Å². The van der Waals surface area contributed by atoms with Gasteiger partial charge in [-0.3, -0.25) is 4.79 Å². The summed E-state index contributed by atoms with van der Waals surface area (Å²) >= 11 is 0. The molecule has 0 aromatic heterocycles. The second-order valence-electron chi connectivity index (χ2n) is 12.5. The summed E-state index contributed by atoms with van der Waals surface area (Å²) in [6, 6.07) is 11.0. The number of nitrogens with zero attached hydrogens (tertiary/aromatic N) is 1. The van der Waals surface area contributed by atoms with Gasteiger partial charge in [0.25, 0.3) is 0 Å². The van der Waals surface area contributed by atoms with Crippen LogP contribution in [0, 0.1) is 40.4 Å². The van der Waals surface area contributed by atoms with Crippen LogP contribution in [-0.4, -0.2) is 30.5 Å². The van der Waals surface area contributed by atoms with E-state index < -0.39 is 0 Å². The third-order valence-electron chi connectivity index (χ3n) is 11.1. The van der Waals surface area contributed by atoms with Crippen LogP contribution in [0.3, 0.4) is 0 Å². The highest BCUT2D eigenvalue weighted by Crippen LogP contribution is 2.67. The molecule has 3 saturated carbocycles. The molecule has 182 valence electrons.